The first kappa shape index (κ1) is 22.2. The van der Waals surface area contributed by atoms with Gasteiger partial charge in [-0.3, -0.25) is 20.2 Å². The van der Waals surface area contributed by atoms with Crippen molar-refractivity contribution >= 4 is 57.8 Å². The molecule has 0 aliphatic heterocycles. The monoisotopic (exact) mass is 454 g/mol. The van der Waals surface area contributed by atoms with Crippen LogP contribution in [0, 0.1) is 43.5 Å². The number of hydrogen-bond donors (Lipinski definition) is 0. The molecule has 0 fully saturated rings. The van der Waals surface area contributed by atoms with E-state index in [1.807, 2.05) is 0 Å². The van der Waals surface area contributed by atoms with Crippen LogP contribution in [-0.4, -0.2) is 9.85 Å². The molecule has 0 aliphatic rings. The average Bonchev–Trinajstić information content (AvgIpc) is 2.51. The van der Waals surface area contributed by atoms with Crippen molar-refractivity contribution in [1.82, 2.24) is 0 Å². The summed E-state index contributed by atoms with van der Waals surface area (Å²) in [5.74, 6) is -5.27. The number of hydrogen-bond acceptors (Lipinski definition) is 4. The molecule has 0 aromatic heterocycles. The minimum absolute atomic E-state index is 0.387. The van der Waals surface area contributed by atoms with Gasteiger partial charge in [0.2, 0.25) is 11.6 Å². The summed E-state index contributed by atoms with van der Waals surface area (Å²) in [6.07, 6.45) is 0. The Kier molecular flexibility index (Phi) is 7.39. The van der Waals surface area contributed by atoms with Gasteiger partial charge >= 0.3 is 11.4 Å². The molecule has 0 spiro atoms. The lowest BCUT2D eigenvalue weighted by atomic mass is 10.3. The molecule has 0 aliphatic carbocycles. The highest BCUT2D eigenvalue weighted by Crippen LogP contribution is 2.36. The fourth-order valence-corrected chi connectivity index (χ4v) is 2.38. The third-order valence-corrected chi connectivity index (χ3v) is 3.81. The Morgan fingerprint density at radius 2 is 1.04 bits per heavy atom. The third kappa shape index (κ3) is 4.64. The maximum atomic E-state index is 12.8. The number of nitrogens with zero attached hydrogens (tertiary/aromatic N) is 2. The van der Waals surface area contributed by atoms with Crippen molar-refractivity contribution < 1.29 is 27.4 Å². The first-order valence-electron chi connectivity index (χ1n) is 5.84. The number of benzene rings is 2. The molecule has 2 rings (SSSR count). The molecule has 0 amide bonds. The van der Waals surface area contributed by atoms with Crippen molar-refractivity contribution in [2.24, 2.45) is 0 Å². The van der Waals surface area contributed by atoms with E-state index >= 15 is 0 Å². The molecule has 26 heavy (non-hydrogen) atoms. The lowest BCUT2D eigenvalue weighted by Crippen LogP contribution is -1.98. The standard InChI is InChI=1S/2C6HCl2F2NO2/c7-4-2(9)1-3(10)5(8)6(4)11(12)13;7-2-1-3(8)5(10)6(4(2)9)11(12)13/h2*1H. The Bertz CT molecular complexity index is 788. The second-order valence-electron chi connectivity index (χ2n) is 4.15. The van der Waals surface area contributed by atoms with Gasteiger partial charge in [-0.2, -0.15) is 8.78 Å². The van der Waals surface area contributed by atoms with Crippen LogP contribution in [0.3, 0.4) is 0 Å². The van der Waals surface area contributed by atoms with Crippen LogP contribution >= 0.6 is 46.4 Å². The van der Waals surface area contributed by atoms with Crippen LogP contribution in [0.1, 0.15) is 0 Å². The van der Waals surface area contributed by atoms with Gasteiger partial charge in [0.05, 0.1) is 19.9 Å². The summed E-state index contributed by atoms with van der Waals surface area (Å²) in [6, 6.07) is 1.15. The van der Waals surface area contributed by atoms with Crippen LogP contribution in [0.5, 0.6) is 0 Å². The minimum atomic E-state index is -1.42. The number of halogens is 8. The molecule has 6 nitrogen and oxygen atoms in total. The predicted octanol–water partition coefficient (Wildman–Crippen LogP) is 6.36. The van der Waals surface area contributed by atoms with E-state index in [0.29, 0.717) is 6.07 Å². The lowest BCUT2D eigenvalue weighted by Gasteiger charge is -1.99. The normalized spacial score (nSPS) is 10.2. The molecule has 2 aromatic carbocycles. The first-order chi connectivity index (χ1) is 11.9. The molecule has 0 saturated carbocycles. The molecule has 14 heteroatoms. The minimum Gasteiger partial charge on any atom is -0.258 e. The number of nitro groups is 2. The van der Waals surface area contributed by atoms with Gasteiger partial charge in [-0.15, -0.1) is 0 Å². The second kappa shape index (κ2) is 8.67. The number of rotatable bonds is 2. The highest BCUT2D eigenvalue weighted by molar-refractivity contribution is 6.38. The van der Waals surface area contributed by atoms with Crippen molar-refractivity contribution in [2.45, 2.75) is 0 Å². The van der Waals surface area contributed by atoms with Gasteiger partial charge in [0, 0.05) is 6.07 Å². The van der Waals surface area contributed by atoms with Crippen LogP contribution < -0.4 is 0 Å². The van der Waals surface area contributed by atoms with E-state index in [2.05, 4.69) is 0 Å². The van der Waals surface area contributed by atoms with E-state index in [-0.39, 0.29) is 0 Å². The zero-order chi connectivity index (χ0) is 20.3. The zero-order valence-electron chi connectivity index (χ0n) is 11.7. The fraction of sp³-hybridized carbons (Fsp3) is 0. The summed E-state index contributed by atoms with van der Waals surface area (Å²) in [4.78, 5) is 18.1. The average molecular weight is 456 g/mol. The summed E-state index contributed by atoms with van der Waals surface area (Å²) in [6.45, 7) is 0. The van der Waals surface area contributed by atoms with Crippen molar-refractivity contribution in [1.29, 1.82) is 0 Å². The van der Waals surface area contributed by atoms with Crippen LogP contribution in [-0.2, 0) is 0 Å². The summed E-state index contributed by atoms with van der Waals surface area (Å²) in [7, 11) is 0. The largest absolute Gasteiger partial charge is 0.343 e. The summed E-state index contributed by atoms with van der Waals surface area (Å²) in [5, 5.41) is 17.6. The highest BCUT2D eigenvalue weighted by atomic mass is 35.5. The van der Waals surface area contributed by atoms with Gasteiger partial charge < -0.3 is 0 Å². The lowest BCUT2D eigenvalue weighted by molar-refractivity contribution is -0.390. The molecule has 140 valence electrons. The smallest absolute Gasteiger partial charge is 0.258 e. The molecule has 0 saturated heterocycles. The van der Waals surface area contributed by atoms with E-state index < -0.39 is 64.6 Å². The SMILES string of the molecule is O=[N+]([O-])c1c(Cl)c(F)cc(F)c1Cl.O=[N+]([O-])c1c(F)c(Cl)cc(Cl)c1F. The molecule has 0 atom stereocenters. The van der Waals surface area contributed by atoms with Crippen LogP contribution in [0.2, 0.25) is 20.1 Å². The Morgan fingerprint density at radius 3 is 1.35 bits per heavy atom. The zero-order valence-corrected chi connectivity index (χ0v) is 14.7. The van der Waals surface area contributed by atoms with Gasteiger partial charge in [0.25, 0.3) is 0 Å². The molecule has 0 heterocycles. The van der Waals surface area contributed by atoms with E-state index in [1.54, 1.807) is 0 Å². The van der Waals surface area contributed by atoms with Gasteiger partial charge in [-0.05, 0) is 6.07 Å². The van der Waals surface area contributed by atoms with Gasteiger partial charge in [0.15, 0.2) is 21.7 Å². The fourth-order valence-electron chi connectivity index (χ4n) is 1.44. The van der Waals surface area contributed by atoms with E-state index in [4.69, 9.17) is 46.4 Å². The Labute approximate surface area is 161 Å². The van der Waals surface area contributed by atoms with E-state index in [9.17, 15) is 37.8 Å². The Hall–Kier alpha value is -1.88. The molecule has 2 aromatic rings. The van der Waals surface area contributed by atoms with Crippen LogP contribution in [0.4, 0.5) is 28.9 Å². The Morgan fingerprint density at radius 1 is 0.692 bits per heavy atom. The topological polar surface area (TPSA) is 86.3 Å². The summed E-state index contributed by atoms with van der Waals surface area (Å²) < 4.78 is 50.9. The molecule has 0 N–H and O–H groups in total. The molecular weight excluding hydrogens is 454 g/mol. The maximum Gasteiger partial charge on any atom is 0.343 e. The third-order valence-electron chi connectivity index (χ3n) is 2.54. The molecular formula is C12H2Cl4F4N2O4. The van der Waals surface area contributed by atoms with Gasteiger partial charge in [-0.25, -0.2) is 8.78 Å². The van der Waals surface area contributed by atoms with Gasteiger partial charge in [0.1, 0.15) is 0 Å². The highest BCUT2D eigenvalue weighted by Gasteiger charge is 2.26. The van der Waals surface area contributed by atoms with Gasteiger partial charge in [-0.1, -0.05) is 46.4 Å². The van der Waals surface area contributed by atoms with Crippen molar-refractivity contribution in [3.05, 3.63) is 75.7 Å². The summed E-state index contributed by atoms with van der Waals surface area (Å²) in [5.41, 5.74) is -2.29. The quantitative estimate of drug-likeness (QED) is 0.228. The van der Waals surface area contributed by atoms with Crippen LogP contribution in [0.15, 0.2) is 12.1 Å². The van der Waals surface area contributed by atoms with Crippen LogP contribution in [0.25, 0.3) is 0 Å². The summed E-state index contributed by atoms with van der Waals surface area (Å²) >= 11 is 20.8. The maximum absolute atomic E-state index is 12.8. The van der Waals surface area contributed by atoms with E-state index in [1.165, 1.54) is 0 Å². The predicted molar refractivity (Wildman–Crippen MR) is 86.1 cm³/mol. The van der Waals surface area contributed by atoms with Crippen molar-refractivity contribution in [2.75, 3.05) is 0 Å². The Balaban J connectivity index is 0.000000260. The molecule has 0 bridgehead atoms. The second-order valence-corrected chi connectivity index (χ2v) is 5.72. The van der Waals surface area contributed by atoms with E-state index in [0.717, 1.165) is 6.07 Å². The molecule has 0 radical (unpaired) electrons. The molecule has 0 unspecified atom stereocenters. The number of nitro benzene ring substituents is 2. The first-order valence-corrected chi connectivity index (χ1v) is 7.36. The van der Waals surface area contributed by atoms with Crippen molar-refractivity contribution in [3.63, 3.8) is 0 Å². The van der Waals surface area contributed by atoms with Crippen molar-refractivity contribution in [3.8, 4) is 0 Å².